The highest BCUT2D eigenvalue weighted by Crippen LogP contribution is 2.23. The molecule has 0 aromatic rings. The van der Waals surface area contributed by atoms with Crippen molar-refractivity contribution in [1.82, 2.24) is 0 Å². The van der Waals surface area contributed by atoms with Crippen molar-refractivity contribution < 1.29 is 24.1 Å². The summed E-state index contributed by atoms with van der Waals surface area (Å²) in [6, 6.07) is 0. The van der Waals surface area contributed by atoms with Gasteiger partial charge in [-0.15, -0.1) is 0 Å². The summed E-state index contributed by atoms with van der Waals surface area (Å²) in [6.07, 6.45) is 1.89. The van der Waals surface area contributed by atoms with Crippen molar-refractivity contribution in [3.05, 3.63) is 0 Å². The first-order chi connectivity index (χ1) is 7.60. The maximum atomic E-state index is 10.6. The van der Waals surface area contributed by atoms with E-state index in [0.29, 0.717) is 19.6 Å². The Balaban J connectivity index is 4.43. The second-order valence-electron chi connectivity index (χ2n) is 3.37. The molecule has 96 valence electrons. The molecule has 1 N–H and O–H groups in total. The van der Waals surface area contributed by atoms with Crippen LogP contribution in [0.2, 0.25) is 0 Å². The largest absolute Gasteiger partial charge is 0.510 e. The molecular formula is C11H22O5. The van der Waals surface area contributed by atoms with E-state index in [0.717, 1.165) is 19.3 Å². The van der Waals surface area contributed by atoms with Crippen molar-refractivity contribution >= 4 is 6.16 Å². The molecule has 0 heterocycles. The van der Waals surface area contributed by atoms with E-state index in [4.69, 9.17) is 19.3 Å². The number of hydrogen-bond acceptors (Lipinski definition) is 4. The average Bonchev–Trinajstić information content (AvgIpc) is 2.17. The smallest absolute Gasteiger partial charge is 0.450 e. The summed E-state index contributed by atoms with van der Waals surface area (Å²) in [5.74, 6) is -1.43. The standard InChI is InChI=1S/C11H22O5/c1-4-7-8-9-11(14-5-2,15-6-3)16-10(12)13/h4-9H2,1-3H3,(H,12,13). The van der Waals surface area contributed by atoms with Gasteiger partial charge in [-0.1, -0.05) is 19.8 Å². The van der Waals surface area contributed by atoms with Crippen LogP contribution in [-0.4, -0.2) is 30.4 Å². The Morgan fingerprint density at radius 1 is 1.12 bits per heavy atom. The monoisotopic (exact) mass is 234 g/mol. The van der Waals surface area contributed by atoms with Gasteiger partial charge < -0.3 is 19.3 Å². The van der Waals surface area contributed by atoms with Crippen LogP contribution in [0.4, 0.5) is 4.79 Å². The number of hydrogen-bond donors (Lipinski definition) is 1. The fraction of sp³-hybridized carbons (Fsp3) is 0.909. The zero-order valence-electron chi connectivity index (χ0n) is 10.3. The topological polar surface area (TPSA) is 65.0 Å². The van der Waals surface area contributed by atoms with E-state index < -0.39 is 12.1 Å². The predicted octanol–water partition coefficient (Wildman–Crippen LogP) is 2.99. The Morgan fingerprint density at radius 2 is 1.69 bits per heavy atom. The fourth-order valence-electron chi connectivity index (χ4n) is 1.46. The highest BCUT2D eigenvalue weighted by molar-refractivity contribution is 5.57. The zero-order chi connectivity index (χ0) is 12.4. The predicted molar refractivity (Wildman–Crippen MR) is 59.2 cm³/mol. The molecule has 0 spiro atoms. The minimum Gasteiger partial charge on any atom is -0.450 e. The van der Waals surface area contributed by atoms with Gasteiger partial charge in [-0.05, 0) is 20.3 Å². The van der Waals surface area contributed by atoms with Crippen molar-refractivity contribution in [2.45, 2.75) is 52.4 Å². The first-order valence-electron chi connectivity index (χ1n) is 5.80. The normalized spacial score (nSPS) is 11.4. The molecule has 5 nitrogen and oxygen atoms in total. The fourth-order valence-corrected chi connectivity index (χ4v) is 1.46. The Bertz CT molecular complexity index is 187. The van der Waals surface area contributed by atoms with Gasteiger partial charge in [0.2, 0.25) is 0 Å². The number of carboxylic acid groups (broad SMARTS) is 1. The molecule has 0 rings (SSSR count). The van der Waals surface area contributed by atoms with E-state index in [1.54, 1.807) is 13.8 Å². The molecule has 5 heteroatoms. The van der Waals surface area contributed by atoms with Gasteiger partial charge in [0.15, 0.2) is 0 Å². The molecule has 0 saturated carbocycles. The highest BCUT2D eigenvalue weighted by Gasteiger charge is 2.35. The van der Waals surface area contributed by atoms with Crippen LogP contribution in [0.25, 0.3) is 0 Å². The Hall–Kier alpha value is -0.810. The lowest BCUT2D eigenvalue weighted by Gasteiger charge is -2.30. The minimum absolute atomic E-state index is 0.347. The molecule has 0 saturated heterocycles. The quantitative estimate of drug-likeness (QED) is 0.377. The number of ether oxygens (including phenoxy) is 3. The lowest BCUT2D eigenvalue weighted by molar-refractivity contribution is -0.360. The maximum absolute atomic E-state index is 10.6. The van der Waals surface area contributed by atoms with Crippen molar-refractivity contribution in [3.63, 3.8) is 0 Å². The van der Waals surface area contributed by atoms with Crippen LogP contribution < -0.4 is 0 Å². The molecule has 0 amide bonds. The molecule has 16 heavy (non-hydrogen) atoms. The lowest BCUT2D eigenvalue weighted by Crippen LogP contribution is -2.41. The second-order valence-corrected chi connectivity index (χ2v) is 3.37. The Kier molecular flexibility index (Phi) is 7.93. The third-order valence-corrected chi connectivity index (χ3v) is 2.06. The maximum Gasteiger partial charge on any atom is 0.510 e. The Labute approximate surface area is 96.7 Å². The molecule has 0 aliphatic rings. The number of rotatable bonds is 9. The molecule has 0 aromatic carbocycles. The van der Waals surface area contributed by atoms with Crippen LogP contribution in [0.1, 0.15) is 46.5 Å². The second kappa shape index (κ2) is 8.35. The van der Waals surface area contributed by atoms with E-state index in [1.807, 2.05) is 0 Å². The molecular weight excluding hydrogens is 212 g/mol. The van der Waals surface area contributed by atoms with Gasteiger partial charge in [0, 0.05) is 6.42 Å². The van der Waals surface area contributed by atoms with Gasteiger partial charge in [0.05, 0.1) is 13.2 Å². The lowest BCUT2D eigenvalue weighted by atomic mass is 10.2. The van der Waals surface area contributed by atoms with Crippen LogP contribution >= 0.6 is 0 Å². The molecule has 0 aliphatic heterocycles. The molecule has 0 aliphatic carbocycles. The summed E-state index contributed by atoms with van der Waals surface area (Å²) < 4.78 is 15.3. The van der Waals surface area contributed by atoms with Crippen LogP contribution in [-0.2, 0) is 14.2 Å². The van der Waals surface area contributed by atoms with E-state index >= 15 is 0 Å². The van der Waals surface area contributed by atoms with Crippen LogP contribution in [0.5, 0.6) is 0 Å². The number of carbonyl (C=O) groups is 1. The van der Waals surface area contributed by atoms with Crippen molar-refractivity contribution in [2.75, 3.05) is 13.2 Å². The van der Waals surface area contributed by atoms with Gasteiger partial charge in [0.25, 0.3) is 0 Å². The van der Waals surface area contributed by atoms with Crippen LogP contribution in [0.15, 0.2) is 0 Å². The van der Waals surface area contributed by atoms with Crippen molar-refractivity contribution in [1.29, 1.82) is 0 Å². The van der Waals surface area contributed by atoms with Gasteiger partial charge in [-0.2, -0.15) is 0 Å². The van der Waals surface area contributed by atoms with Crippen LogP contribution in [0.3, 0.4) is 0 Å². The first-order valence-corrected chi connectivity index (χ1v) is 5.80. The molecule has 0 fully saturated rings. The van der Waals surface area contributed by atoms with Crippen LogP contribution in [0, 0.1) is 0 Å². The Morgan fingerprint density at radius 3 is 2.06 bits per heavy atom. The summed E-state index contributed by atoms with van der Waals surface area (Å²) in [7, 11) is 0. The molecule has 0 atom stereocenters. The van der Waals surface area contributed by atoms with E-state index in [-0.39, 0.29) is 0 Å². The van der Waals surface area contributed by atoms with E-state index in [2.05, 4.69) is 6.92 Å². The number of unbranched alkanes of at least 4 members (excludes halogenated alkanes) is 2. The van der Waals surface area contributed by atoms with Gasteiger partial charge in [-0.25, -0.2) is 4.79 Å². The third kappa shape index (κ3) is 5.92. The van der Waals surface area contributed by atoms with Gasteiger partial charge in [-0.3, -0.25) is 0 Å². The summed E-state index contributed by atoms with van der Waals surface area (Å²) in [4.78, 5) is 10.6. The third-order valence-electron chi connectivity index (χ3n) is 2.06. The molecule has 0 radical (unpaired) electrons. The van der Waals surface area contributed by atoms with E-state index in [9.17, 15) is 4.79 Å². The minimum atomic E-state index is -1.43. The van der Waals surface area contributed by atoms with Crippen molar-refractivity contribution in [3.8, 4) is 0 Å². The zero-order valence-corrected chi connectivity index (χ0v) is 10.3. The highest BCUT2D eigenvalue weighted by atomic mass is 16.9. The SMILES string of the molecule is CCCCCC(OCC)(OCC)OC(=O)O. The van der Waals surface area contributed by atoms with Crippen molar-refractivity contribution in [2.24, 2.45) is 0 Å². The van der Waals surface area contributed by atoms with Gasteiger partial charge >= 0.3 is 12.1 Å². The molecule has 0 bridgehead atoms. The van der Waals surface area contributed by atoms with Gasteiger partial charge in [0.1, 0.15) is 0 Å². The summed E-state index contributed by atoms with van der Waals surface area (Å²) in [6.45, 7) is 6.32. The summed E-state index contributed by atoms with van der Waals surface area (Å²) in [5.41, 5.74) is 0. The molecule has 0 unspecified atom stereocenters. The summed E-state index contributed by atoms with van der Waals surface area (Å²) >= 11 is 0. The van der Waals surface area contributed by atoms with E-state index in [1.165, 1.54) is 0 Å². The summed E-state index contributed by atoms with van der Waals surface area (Å²) in [5, 5.41) is 8.68. The molecule has 0 aromatic heterocycles. The first kappa shape index (κ1) is 15.2. The average molecular weight is 234 g/mol.